The summed E-state index contributed by atoms with van der Waals surface area (Å²) in [6.07, 6.45) is 0. The molecule has 0 radical (unpaired) electrons. The van der Waals surface area contributed by atoms with Gasteiger partial charge in [-0.3, -0.25) is 0 Å². The molecule has 19 heavy (non-hydrogen) atoms. The van der Waals surface area contributed by atoms with Crippen LogP contribution in [0.3, 0.4) is 0 Å². The molecule has 0 aliphatic heterocycles. The summed E-state index contributed by atoms with van der Waals surface area (Å²) in [4.78, 5) is 11.9. The van der Waals surface area contributed by atoms with Gasteiger partial charge in [-0.2, -0.15) is 0 Å². The molecule has 2 N–H and O–H groups in total. The molecule has 2 aromatic rings. The zero-order valence-corrected chi connectivity index (χ0v) is 13.1. The van der Waals surface area contributed by atoms with E-state index in [-0.39, 0.29) is 6.03 Å². The van der Waals surface area contributed by atoms with E-state index in [9.17, 15) is 4.79 Å². The van der Waals surface area contributed by atoms with Gasteiger partial charge in [-0.05, 0) is 59.3 Å². The minimum Gasteiger partial charge on any atom is -0.307 e. The summed E-state index contributed by atoms with van der Waals surface area (Å²) >= 11 is 8.18. The van der Waals surface area contributed by atoms with Gasteiger partial charge in [-0.15, -0.1) is 0 Å². The lowest BCUT2D eigenvalue weighted by Gasteiger charge is -2.11. The molecule has 2 amide bonds. The van der Waals surface area contributed by atoms with Crippen molar-refractivity contribution in [2.75, 3.05) is 10.6 Å². The molecule has 0 saturated heterocycles. The van der Waals surface area contributed by atoms with E-state index in [1.165, 1.54) is 0 Å². The average molecular weight is 387 g/mol. The molecule has 5 heteroatoms. The Labute approximate surface area is 130 Å². The fourth-order valence-electron chi connectivity index (χ4n) is 1.58. The van der Waals surface area contributed by atoms with Crippen LogP contribution in [-0.4, -0.2) is 6.03 Å². The van der Waals surface area contributed by atoms with E-state index < -0.39 is 0 Å². The summed E-state index contributed by atoms with van der Waals surface area (Å²) in [5, 5.41) is 6.23. The van der Waals surface area contributed by atoms with Crippen molar-refractivity contribution in [3.05, 3.63) is 56.6 Å². The summed E-state index contributed by atoms with van der Waals surface area (Å²) in [5.41, 5.74) is 2.33. The minimum absolute atomic E-state index is 0.283. The van der Waals surface area contributed by atoms with E-state index in [1.54, 1.807) is 12.1 Å². The molecule has 0 heterocycles. The van der Waals surface area contributed by atoms with Crippen molar-refractivity contribution in [1.82, 2.24) is 0 Å². The normalized spacial score (nSPS) is 10.1. The van der Waals surface area contributed by atoms with Crippen molar-refractivity contribution < 1.29 is 4.79 Å². The van der Waals surface area contributed by atoms with Crippen LogP contribution in [0.5, 0.6) is 0 Å². The zero-order valence-electron chi connectivity index (χ0n) is 10.2. The van der Waals surface area contributed by atoms with Crippen LogP contribution in [0.4, 0.5) is 16.2 Å². The van der Waals surface area contributed by atoms with Gasteiger partial charge in [0.1, 0.15) is 0 Å². The Kier molecular flexibility index (Phi) is 4.66. The molecule has 0 unspecified atom stereocenters. The van der Waals surface area contributed by atoms with Crippen LogP contribution in [0.25, 0.3) is 0 Å². The summed E-state index contributed by atoms with van der Waals surface area (Å²) in [7, 11) is 0. The maximum Gasteiger partial charge on any atom is 0.323 e. The number of halogens is 2. The maximum absolute atomic E-state index is 11.9. The summed E-state index contributed by atoms with van der Waals surface area (Å²) < 4.78 is 0.984. The number of rotatable bonds is 2. The van der Waals surface area contributed by atoms with Gasteiger partial charge in [0.15, 0.2) is 0 Å². The number of amides is 2. The van der Waals surface area contributed by atoms with Crippen LogP contribution < -0.4 is 10.6 Å². The Balaban J connectivity index is 2.10. The van der Waals surface area contributed by atoms with Gasteiger partial charge < -0.3 is 10.6 Å². The molecule has 0 spiro atoms. The minimum atomic E-state index is -0.283. The lowest BCUT2D eigenvalue weighted by molar-refractivity contribution is 0.262. The number of hydrogen-bond acceptors (Lipinski definition) is 1. The molecular weight excluding hydrogens is 375 g/mol. The van der Waals surface area contributed by atoms with Gasteiger partial charge in [0.05, 0.1) is 5.69 Å². The second kappa shape index (κ2) is 6.25. The van der Waals surface area contributed by atoms with Crippen LogP contribution in [0, 0.1) is 10.5 Å². The van der Waals surface area contributed by atoms with Crippen LogP contribution >= 0.6 is 34.2 Å². The van der Waals surface area contributed by atoms with Gasteiger partial charge in [-0.25, -0.2) is 4.79 Å². The van der Waals surface area contributed by atoms with Crippen LogP contribution in [-0.2, 0) is 0 Å². The predicted octanol–water partition coefficient (Wildman–Crippen LogP) is 4.90. The molecule has 0 fully saturated rings. The summed E-state index contributed by atoms with van der Waals surface area (Å²) in [5.74, 6) is 0. The Bertz CT molecular complexity index is 616. The number of hydrogen-bond donors (Lipinski definition) is 2. The number of benzene rings is 2. The Morgan fingerprint density at radius 3 is 2.42 bits per heavy atom. The van der Waals surface area contributed by atoms with E-state index in [0.29, 0.717) is 10.7 Å². The first-order chi connectivity index (χ1) is 9.08. The van der Waals surface area contributed by atoms with Gasteiger partial charge in [-0.1, -0.05) is 29.8 Å². The van der Waals surface area contributed by atoms with Crippen molar-refractivity contribution in [2.24, 2.45) is 0 Å². The molecule has 0 bridgehead atoms. The second-order valence-corrected chi connectivity index (χ2v) is 5.54. The number of carbonyl (C=O) groups excluding carboxylic acids is 1. The fraction of sp³-hybridized carbons (Fsp3) is 0.0714. The fourth-order valence-corrected chi connectivity index (χ4v) is 2.28. The summed E-state index contributed by atoms with van der Waals surface area (Å²) in [6.45, 7) is 1.87. The molecule has 0 aliphatic rings. The Morgan fingerprint density at radius 1 is 1.05 bits per heavy atom. The molecule has 0 aliphatic carbocycles. The molecular formula is C14H12ClIN2O. The van der Waals surface area contributed by atoms with E-state index >= 15 is 0 Å². The van der Waals surface area contributed by atoms with Crippen molar-refractivity contribution in [1.29, 1.82) is 0 Å². The number of nitrogens with one attached hydrogen (secondary N) is 2. The SMILES string of the molecule is Cc1c(Cl)cccc1NC(=O)Nc1ccccc1I. The first-order valence-electron chi connectivity index (χ1n) is 5.65. The highest BCUT2D eigenvalue weighted by atomic mass is 127. The number of carbonyl (C=O) groups is 1. The van der Waals surface area contributed by atoms with Crippen LogP contribution in [0.15, 0.2) is 42.5 Å². The lowest BCUT2D eigenvalue weighted by atomic mass is 10.2. The van der Waals surface area contributed by atoms with Crippen LogP contribution in [0.2, 0.25) is 5.02 Å². The molecule has 0 aromatic heterocycles. The largest absolute Gasteiger partial charge is 0.323 e. The molecule has 3 nitrogen and oxygen atoms in total. The van der Waals surface area contributed by atoms with Crippen molar-refractivity contribution in [3.63, 3.8) is 0 Å². The predicted molar refractivity (Wildman–Crippen MR) is 88.0 cm³/mol. The summed E-state index contributed by atoms with van der Waals surface area (Å²) in [6, 6.07) is 12.7. The van der Waals surface area contributed by atoms with E-state index in [4.69, 9.17) is 11.6 Å². The van der Waals surface area contributed by atoms with Crippen molar-refractivity contribution in [2.45, 2.75) is 6.92 Å². The van der Waals surface area contributed by atoms with Gasteiger partial charge in [0.2, 0.25) is 0 Å². The first-order valence-corrected chi connectivity index (χ1v) is 7.11. The molecule has 2 rings (SSSR count). The zero-order chi connectivity index (χ0) is 13.8. The quantitative estimate of drug-likeness (QED) is 0.708. The van der Waals surface area contributed by atoms with Gasteiger partial charge >= 0.3 is 6.03 Å². The van der Waals surface area contributed by atoms with Crippen molar-refractivity contribution in [3.8, 4) is 0 Å². The monoisotopic (exact) mass is 386 g/mol. The maximum atomic E-state index is 11.9. The van der Waals surface area contributed by atoms with E-state index in [2.05, 4.69) is 33.2 Å². The molecule has 98 valence electrons. The average Bonchev–Trinajstić information content (AvgIpc) is 2.38. The molecule has 0 atom stereocenters. The van der Waals surface area contributed by atoms with E-state index in [0.717, 1.165) is 14.8 Å². The van der Waals surface area contributed by atoms with Gasteiger partial charge in [0, 0.05) is 14.3 Å². The highest BCUT2D eigenvalue weighted by molar-refractivity contribution is 14.1. The first kappa shape index (κ1) is 14.1. The van der Waals surface area contributed by atoms with Crippen molar-refractivity contribution >= 4 is 51.6 Å². The highest BCUT2D eigenvalue weighted by Crippen LogP contribution is 2.23. The third-order valence-electron chi connectivity index (χ3n) is 2.64. The standard InChI is InChI=1S/C14H12ClIN2O/c1-9-10(15)5-4-8-12(9)17-14(19)18-13-7-3-2-6-11(13)16/h2-8H,1H3,(H2,17,18,19). The number of para-hydroxylation sites is 1. The highest BCUT2D eigenvalue weighted by Gasteiger charge is 2.07. The van der Waals surface area contributed by atoms with E-state index in [1.807, 2.05) is 37.3 Å². The molecule has 0 saturated carbocycles. The molecule has 2 aromatic carbocycles. The Hall–Kier alpha value is -1.27. The Morgan fingerprint density at radius 2 is 1.68 bits per heavy atom. The third-order valence-corrected chi connectivity index (χ3v) is 3.99. The van der Waals surface area contributed by atoms with Gasteiger partial charge in [0.25, 0.3) is 0 Å². The van der Waals surface area contributed by atoms with Crippen LogP contribution in [0.1, 0.15) is 5.56 Å². The number of urea groups is 1. The lowest BCUT2D eigenvalue weighted by Crippen LogP contribution is -2.20. The number of anilines is 2. The smallest absolute Gasteiger partial charge is 0.307 e. The second-order valence-electron chi connectivity index (χ2n) is 3.97. The third kappa shape index (κ3) is 3.61. The topological polar surface area (TPSA) is 41.1 Å².